The van der Waals surface area contributed by atoms with Crippen molar-refractivity contribution in [3.05, 3.63) is 45.7 Å². The number of carbonyl (C=O) groups excluding carboxylic acids is 1. The largest absolute Gasteiger partial charge is 0.339 e. The van der Waals surface area contributed by atoms with Gasteiger partial charge in [-0.2, -0.15) is 0 Å². The zero-order valence-electron chi connectivity index (χ0n) is 13.1. The van der Waals surface area contributed by atoms with Gasteiger partial charge in [0.2, 0.25) is 0 Å². The van der Waals surface area contributed by atoms with Crippen LogP contribution >= 0.6 is 11.3 Å². The van der Waals surface area contributed by atoms with Crippen molar-refractivity contribution in [1.82, 2.24) is 14.9 Å². The second-order valence-corrected chi connectivity index (χ2v) is 6.89. The number of hydrogen-bond acceptors (Lipinski definition) is 4. The van der Waals surface area contributed by atoms with Crippen LogP contribution in [0.4, 0.5) is 0 Å². The van der Waals surface area contributed by atoms with Crippen molar-refractivity contribution in [3.8, 4) is 0 Å². The van der Waals surface area contributed by atoms with Crippen molar-refractivity contribution >= 4 is 17.2 Å². The molecular weight excluding hydrogens is 294 g/mol. The first-order valence-corrected chi connectivity index (χ1v) is 8.66. The molecule has 0 aromatic carbocycles. The van der Waals surface area contributed by atoms with E-state index < -0.39 is 0 Å². The van der Waals surface area contributed by atoms with E-state index in [9.17, 15) is 4.79 Å². The molecule has 1 unspecified atom stereocenters. The molecule has 3 rings (SSSR count). The van der Waals surface area contributed by atoms with Gasteiger partial charge in [-0.15, -0.1) is 11.3 Å². The fourth-order valence-corrected chi connectivity index (χ4v) is 4.06. The summed E-state index contributed by atoms with van der Waals surface area (Å²) in [5.74, 6) is 0.135. The van der Waals surface area contributed by atoms with Crippen LogP contribution in [0.15, 0.2) is 24.0 Å². The first kappa shape index (κ1) is 15.2. The van der Waals surface area contributed by atoms with E-state index in [-0.39, 0.29) is 11.9 Å². The van der Waals surface area contributed by atoms with Gasteiger partial charge in [0.15, 0.2) is 0 Å². The van der Waals surface area contributed by atoms with Crippen LogP contribution in [0, 0.1) is 0 Å². The molecule has 1 aliphatic carbocycles. The van der Waals surface area contributed by atoms with Crippen LogP contribution in [0.25, 0.3) is 0 Å². The summed E-state index contributed by atoms with van der Waals surface area (Å²) in [5.41, 5.74) is 3.12. The molecule has 4 nitrogen and oxygen atoms in total. The first-order chi connectivity index (χ1) is 10.7. The second kappa shape index (κ2) is 6.57. The van der Waals surface area contributed by atoms with Gasteiger partial charge in [0, 0.05) is 48.4 Å². The van der Waals surface area contributed by atoms with Crippen LogP contribution in [-0.4, -0.2) is 33.9 Å². The molecule has 1 atom stereocenters. The number of aryl methyl sites for hydroxylation is 1. The molecule has 116 valence electrons. The minimum absolute atomic E-state index is 0.100. The summed E-state index contributed by atoms with van der Waals surface area (Å²) in [7, 11) is 1.89. The molecule has 2 aromatic rings. The minimum atomic E-state index is 0.100. The highest BCUT2D eigenvalue weighted by atomic mass is 32.1. The van der Waals surface area contributed by atoms with E-state index in [1.807, 2.05) is 17.3 Å². The smallest absolute Gasteiger partial charge is 0.254 e. The summed E-state index contributed by atoms with van der Waals surface area (Å²) >= 11 is 1.74. The normalized spacial score (nSPS) is 15.2. The maximum atomic E-state index is 12.8. The predicted molar refractivity (Wildman–Crippen MR) is 88.3 cm³/mol. The van der Waals surface area contributed by atoms with E-state index in [0.717, 1.165) is 30.5 Å². The molecule has 1 aliphatic rings. The lowest BCUT2D eigenvalue weighted by atomic mass is 9.95. The lowest BCUT2D eigenvalue weighted by Crippen LogP contribution is -2.37. The Hall–Kier alpha value is -1.75. The van der Waals surface area contributed by atoms with Gasteiger partial charge in [-0.05, 0) is 38.2 Å². The minimum Gasteiger partial charge on any atom is -0.339 e. The van der Waals surface area contributed by atoms with E-state index >= 15 is 0 Å². The first-order valence-electron chi connectivity index (χ1n) is 7.78. The molecule has 0 N–H and O–H groups in total. The molecule has 0 fully saturated rings. The molecule has 0 bridgehead atoms. The Morgan fingerprint density at radius 2 is 2.18 bits per heavy atom. The molecule has 2 aromatic heterocycles. The zero-order valence-corrected chi connectivity index (χ0v) is 13.9. The van der Waals surface area contributed by atoms with Gasteiger partial charge in [0.1, 0.15) is 0 Å². The third-order valence-electron chi connectivity index (χ3n) is 4.39. The van der Waals surface area contributed by atoms with Gasteiger partial charge in [-0.3, -0.25) is 14.8 Å². The number of hydrogen-bond donors (Lipinski definition) is 0. The number of amides is 1. The Morgan fingerprint density at radius 1 is 1.36 bits per heavy atom. The fourth-order valence-electron chi connectivity index (χ4n) is 2.94. The predicted octanol–water partition coefficient (Wildman–Crippen LogP) is 3.12. The van der Waals surface area contributed by atoms with E-state index in [1.165, 1.54) is 23.3 Å². The Balaban J connectivity index is 1.72. The molecule has 2 heterocycles. The summed E-state index contributed by atoms with van der Waals surface area (Å²) in [6.07, 6.45) is 10.5. The molecule has 0 aliphatic heterocycles. The monoisotopic (exact) mass is 315 g/mol. The average molecular weight is 315 g/mol. The lowest BCUT2D eigenvalue weighted by molar-refractivity contribution is 0.0742. The molecule has 0 saturated heterocycles. The molecule has 5 heteroatoms. The van der Waals surface area contributed by atoms with Crippen LogP contribution in [0.2, 0.25) is 0 Å². The standard InChI is InChI=1S/C17H21N3OS/c1-12(9-13-10-18-7-8-19-13)20(2)17(21)15-11-22-16-6-4-3-5-14(15)16/h7-8,10-12H,3-6,9H2,1-2H3. The molecule has 1 amide bonds. The summed E-state index contributed by atoms with van der Waals surface area (Å²) < 4.78 is 0. The third kappa shape index (κ3) is 3.04. The fraction of sp³-hybridized carbons (Fsp3) is 0.471. The zero-order chi connectivity index (χ0) is 15.5. The lowest BCUT2D eigenvalue weighted by Gasteiger charge is -2.25. The average Bonchev–Trinajstić information content (AvgIpc) is 2.98. The van der Waals surface area contributed by atoms with Gasteiger partial charge < -0.3 is 4.90 Å². The highest BCUT2D eigenvalue weighted by molar-refractivity contribution is 7.10. The van der Waals surface area contributed by atoms with Gasteiger partial charge >= 0.3 is 0 Å². The number of aromatic nitrogens is 2. The summed E-state index contributed by atoms with van der Waals surface area (Å²) in [6.45, 7) is 2.06. The van der Waals surface area contributed by atoms with Crippen LogP contribution in [-0.2, 0) is 19.3 Å². The quantitative estimate of drug-likeness (QED) is 0.871. The topological polar surface area (TPSA) is 46.1 Å². The maximum Gasteiger partial charge on any atom is 0.254 e. The van der Waals surface area contributed by atoms with Crippen molar-refractivity contribution in [2.24, 2.45) is 0 Å². The SMILES string of the molecule is CC(Cc1cnccn1)N(C)C(=O)c1csc2c1CCCC2. The van der Waals surface area contributed by atoms with E-state index in [0.29, 0.717) is 0 Å². The second-order valence-electron chi connectivity index (χ2n) is 5.92. The highest BCUT2D eigenvalue weighted by Gasteiger charge is 2.24. The third-order valence-corrected chi connectivity index (χ3v) is 5.48. The van der Waals surface area contributed by atoms with E-state index in [2.05, 4.69) is 16.9 Å². The molecule has 22 heavy (non-hydrogen) atoms. The van der Waals surface area contributed by atoms with E-state index in [4.69, 9.17) is 0 Å². The van der Waals surface area contributed by atoms with Crippen molar-refractivity contribution in [2.45, 2.75) is 45.1 Å². The van der Waals surface area contributed by atoms with Crippen molar-refractivity contribution < 1.29 is 4.79 Å². The van der Waals surface area contributed by atoms with Gasteiger partial charge in [0.25, 0.3) is 5.91 Å². The number of likely N-dealkylation sites (N-methyl/N-ethyl adjacent to an activating group) is 1. The summed E-state index contributed by atoms with van der Waals surface area (Å²) in [5, 5.41) is 2.05. The maximum absolute atomic E-state index is 12.8. The highest BCUT2D eigenvalue weighted by Crippen LogP contribution is 2.31. The van der Waals surface area contributed by atoms with Crippen LogP contribution in [0.1, 0.15) is 46.3 Å². The summed E-state index contributed by atoms with van der Waals surface area (Å²) in [4.78, 5) is 24.4. The number of nitrogens with zero attached hydrogens (tertiary/aromatic N) is 3. The molecule has 0 saturated carbocycles. The molecule has 0 spiro atoms. The molecular formula is C17H21N3OS. The van der Waals surface area contributed by atoms with Crippen LogP contribution < -0.4 is 0 Å². The van der Waals surface area contributed by atoms with E-state index in [1.54, 1.807) is 29.9 Å². The van der Waals surface area contributed by atoms with Crippen molar-refractivity contribution in [1.29, 1.82) is 0 Å². The van der Waals surface area contributed by atoms with Crippen LogP contribution in [0.3, 0.4) is 0 Å². The number of thiophene rings is 1. The Labute approximate surface area is 135 Å². The number of carbonyl (C=O) groups is 1. The molecule has 0 radical (unpaired) electrons. The van der Waals surface area contributed by atoms with Gasteiger partial charge in [-0.25, -0.2) is 0 Å². The number of rotatable bonds is 4. The summed E-state index contributed by atoms with van der Waals surface area (Å²) in [6, 6.07) is 0.100. The van der Waals surface area contributed by atoms with Gasteiger partial charge in [-0.1, -0.05) is 0 Å². The Bertz CT molecular complexity index is 653. The van der Waals surface area contributed by atoms with Crippen LogP contribution in [0.5, 0.6) is 0 Å². The Morgan fingerprint density at radius 3 is 2.95 bits per heavy atom. The Kier molecular flexibility index (Phi) is 4.52. The van der Waals surface area contributed by atoms with Crippen molar-refractivity contribution in [3.63, 3.8) is 0 Å². The van der Waals surface area contributed by atoms with Gasteiger partial charge in [0.05, 0.1) is 11.3 Å². The van der Waals surface area contributed by atoms with Crippen molar-refractivity contribution in [2.75, 3.05) is 7.05 Å². The number of fused-ring (bicyclic) bond motifs is 1.